The quantitative estimate of drug-likeness (QED) is 0.567. The van der Waals surface area contributed by atoms with Crippen LogP contribution < -0.4 is 4.72 Å². The minimum atomic E-state index is -3.59. The van der Waals surface area contributed by atoms with E-state index in [1.807, 2.05) is 39.8 Å². The molecule has 0 atom stereocenters. The number of aromatic nitrogens is 2. The first-order chi connectivity index (χ1) is 15.9. The summed E-state index contributed by atoms with van der Waals surface area (Å²) in [5.41, 5.74) is 2.75. The zero-order valence-corrected chi connectivity index (χ0v) is 20.8. The monoisotopic (exact) mass is 482 g/mol. The van der Waals surface area contributed by atoms with Crippen molar-refractivity contribution in [2.45, 2.75) is 63.0 Å². The van der Waals surface area contributed by atoms with Crippen molar-refractivity contribution in [1.29, 1.82) is 0 Å². The molecule has 1 aromatic carbocycles. The average molecular weight is 483 g/mol. The molecule has 0 spiro atoms. The Kier molecular flexibility index (Phi) is 5.25. The summed E-state index contributed by atoms with van der Waals surface area (Å²) in [6.45, 7) is 8.55. The lowest BCUT2D eigenvalue weighted by Gasteiger charge is -2.29. The Morgan fingerprint density at radius 2 is 2.00 bits per heavy atom. The van der Waals surface area contributed by atoms with E-state index < -0.39 is 15.6 Å². The maximum atomic E-state index is 12.8. The number of hydrogen-bond acceptors (Lipinski definition) is 5. The molecule has 0 radical (unpaired) electrons. The van der Waals surface area contributed by atoms with E-state index in [2.05, 4.69) is 20.8 Å². The van der Waals surface area contributed by atoms with Crippen molar-refractivity contribution in [3.63, 3.8) is 0 Å². The van der Waals surface area contributed by atoms with E-state index in [0.29, 0.717) is 25.2 Å². The molecule has 2 N–H and O–H groups in total. The number of nitrogens with one attached hydrogen (secondary N) is 2. The summed E-state index contributed by atoms with van der Waals surface area (Å²) in [7, 11) is -3.59. The van der Waals surface area contributed by atoms with Crippen LogP contribution in [0.15, 0.2) is 41.4 Å². The van der Waals surface area contributed by atoms with Gasteiger partial charge in [-0.3, -0.25) is 0 Å². The summed E-state index contributed by atoms with van der Waals surface area (Å²) >= 11 is 0. The summed E-state index contributed by atoms with van der Waals surface area (Å²) < 4.78 is 34.0. The van der Waals surface area contributed by atoms with Gasteiger partial charge in [-0.2, -0.15) is 0 Å². The first-order valence-corrected chi connectivity index (χ1v) is 13.0. The minimum Gasteiger partial charge on any atom is -0.444 e. The van der Waals surface area contributed by atoms with Crippen LogP contribution in [0.25, 0.3) is 27.5 Å². The SMILES string of the molecule is CC1(NS(=O)(=O)c2ccc3c(c2)[nH]c2nccc(C4=CCN(C(=O)OC(C)(C)C)CC4)c23)CC1. The third-order valence-electron chi connectivity index (χ3n) is 6.36. The first kappa shape index (κ1) is 22.9. The van der Waals surface area contributed by atoms with Gasteiger partial charge in [0.1, 0.15) is 11.2 Å². The van der Waals surface area contributed by atoms with Crippen molar-refractivity contribution in [3.05, 3.63) is 42.1 Å². The Balaban J connectivity index is 1.47. The molecule has 0 saturated heterocycles. The predicted molar refractivity (Wildman–Crippen MR) is 132 cm³/mol. The second kappa shape index (κ2) is 7.81. The number of H-pyrrole nitrogens is 1. The number of pyridine rings is 1. The fourth-order valence-electron chi connectivity index (χ4n) is 4.32. The molecule has 1 aliphatic carbocycles. The Morgan fingerprint density at radius 3 is 2.65 bits per heavy atom. The Hall–Kier alpha value is -2.91. The van der Waals surface area contributed by atoms with Gasteiger partial charge in [-0.05, 0) is 76.3 Å². The van der Waals surface area contributed by atoms with E-state index >= 15 is 0 Å². The lowest BCUT2D eigenvalue weighted by atomic mass is 9.96. The van der Waals surface area contributed by atoms with Gasteiger partial charge in [0.05, 0.1) is 4.90 Å². The highest BCUT2D eigenvalue weighted by molar-refractivity contribution is 7.89. The first-order valence-electron chi connectivity index (χ1n) is 11.6. The average Bonchev–Trinajstić information content (AvgIpc) is 3.35. The molecule has 9 heteroatoms. The van der Waals surface area contributed by atoms with Crippen LogP contribution in [0, 0.1) is 0 Å². The summed E-state index contributed by atoms with van der Waals surface area (Å²) in [6.07, 6.45) is 5.90. The Bertz CT molecular complexity index is 1430. The summed E-state index contributed by atoms with van der Waals surface area (Å²) in [4.78, 5) is 22.1. The van der Waals surface area contributed by atoms with E-state index in [-0.39, 0.29) is 16.5 Å². The number of rotatable bonds is 4. The Labute approximate surface area is 199 Å². The van der Waals surface area contributed by atoms with Crippen molar-refractivity contribution in [2.75, 3.05) is 13.1 Å². The molecule has 34 heavy (non-hydrogen) atoms. The van der Waals surface area contributed by atoms with Gasteiger partial charge >= 0.3 is 6.09 Å². The smallest absolute Gasteiger partial charge is 0.410 e. The summed E-state index contributed by atoms with van der Waals surface area (Å²) in [5.74, 6) is 0. The molecule has 2 aliphatic rings. The topological polar surface area (TPSA) is 104 Å². The predicted octanol–water partition coefficient (Wildman–Crippen LogP) is 4.57. The van der Waals surface area contributed by atoms with Gasteiger partial charge in [0.25, 0.3) is 0 Å². The minimum absolute atomic E-state index is 0.242. The summed E-state index contributed by atoms with van der Waals surface area (Å²) in [6, 6.07) is 7.15. The number of nitrogens with zero attached hydrogens (tertiary/aromatic N) is 2. The molecule has 3 heterocycles. The number of fused-ring (bicyclic) bond motifs is 3. The van der Waals surface area contributed by atoms with E-state index in [1.165, 1.54) is 0 Å². The molecule has 8 nitrogen and oxygen atoms in total. The van der Waals surface area contributed by atoms with Crippen LogP contribution in [0.1, 0.15) is 52.5 Å². The standard InChI is InChI=1S/C25H30N4O4S/c1-24(2,3)33-23(30)29-13-8-16(9-14-29)18-7-12-26-22-21(18)19-6-5-17(15-20(19)27-22)34(31,32)28-25(4)10-11-25/h5-8,12,15,28H,9-11,13-14H2,1-4H3,(H,26,27). The van der Waals surface area contributed by atoms with Crippen LogP contribution >= 0.6 is 0 Å². The maximum absolute atomic E-state index is 12.8. The molecule has 1 aliphatic heterocycles. The van der Waals surface area contributed by atoms with Gasteiger partial charge < -0.3 is 14.6 Å². The van der Waals surface area contributed by atoms with Crippen molar-refractivity contribution < 1.29 is 17.9 Å². The highest BCUT2D eigenvalue weighted by atomic mass is 32.2. The van der Waals surface area contributed by atoms with Gasteiger partial charge in [-0.25, -0.2) is 22.9 Å². The zero-order valence-electron chi connectivity index (χ0n) is 19.9. The largest absolute Gasteiger partial charge is 0.444 e. The highest BCUT2D eigenvalue weighted by Gasteiger charge is 2.41. The molecule has 2 aromatic heterocycles. The number of ether oxygens (including phenoxy) is 1. The molecule has 5 rings (SSSR count). The molecule has 3 aromatic rings. The third kappa shape index (κ3) is 4.42. The number of carbonyl (C=O) groups is 1. The molecular weight excluding hydrogens is 452 g/mol. The van der Waals surface area contributed by atoms with Crippen LogP contribution in [0.4, 0.5) is 4.79 Å². The number of aromatic amines is 1. The van der Waals surface area contributed by atoms with Gasteiger partial charge in [-0.15, -0.1) is 0 Å². The lowest BCUT2D eigenvalue weighted by molar-refractivity contribution is 0.0270. The number of benzene rings is 1. The molecule has 0 bridgehead atoms. The van der Waals surface area contributed by atoms with E-state index in [4.69, 9.17) is 4.74 Å². The van der Waals surface area contributed by atoms with Crippen molar-refractivity contribution in [2.24, 2.45) is 0 Å². The van der Waals surface area contributed by atoms with Gasteiger partial charge in [-0.1, -0.05) is 12.1 Å². The fraction of sp³-hybridized carbons (Fsp3) is 0.440. The molecule has 1 amide bonds. The van der Waals surface area contributed by atoms with Crippen LogP contribution in [-0.4, -0.2) is 53.6 Å². The van der Waals surface area contributed by atoms with Crippen molar-refractivity contribution in [3.8, 4) is 0 Å². The fourth-order valence-corrected chi connectivity index (χ4v) is 5.81. The second-order valence-corrected chi connectivity index (χ2v) is 12.2. The van der Waals surface area contributed by atoms with Crippen molar-refractivity contribution in [1.82, 2.24) is 19.6 Å². The maximum Gasteiger partial charge on any atom is 0.410 e. The van der Waals surface area contributed by atoms with Crippen LogP contribution in [0.5, 0.6) is 0 Å². The molecule has 0 unspecified atom stereocenters. The van der Waals surface area contributed by atoms with Gasteiger partial charge in [0.15, 0.2) is 0 Å². The van der Waals surface area contributed by atoms with Crippen LogP contribution in [0.2, 0.25) is 0 Å². The second-order valence-electron chi connectivity index (χ2n) is 10.5. The van der Waals surface area contributed by atoms with Crippen LogP contribution in [-0.2, 0) is 14.8 Å². The van der Waals surface area contributed by atoms with Crippen molar-refractivity contribution >= 4 is 43.6 Å². The summed E-state index contributed by atoms with van der Waals surface area (Å²) in [5, 5.41) is 1.88. The van der Waals surface area contributed by atoms with Gasteiger partial charge in [0, 0.05) is 41.1 Å². The van der Waals surface area contributed by atoms with Crippen LogP contribution in [0.3, 0.4) is 0 Å². The third-order valence-corrected chi connectivity index (χ3v) is 8.00. The highest BCUT2D eigenvalue weighted by Crippen LogP contribution is 2.37. The lowest BCUT2D eigenvalue weighted by Crippen LogP contribution is -2.39. The van der Waals surface area contributed by atoms with Gasteiger partial charge in [0.2, 0.25) is 10.0 Å². The van der Waals surface area contributed by atoms with E-state index in [9.17, 15) is 13.2 Å². The number of hydrogen-bond donors (Lipinski definition) is 2. The number of sulfonamides is 1. The van der Waals surface area contributed by atoms with E-state index in [1.54, 1.807) is 23.2 Å². The Morgan fingerprint density at radius 1 is 1.24 bits per heavy atom. The number of amides is 1. The number of carbonyl (C=O) groups excluding carboxylic acids is 1. The molecular formula is C25H30N4O4S. The zero-order chi connectivity index (χ0) is 24.3. The van der Waals surface area contributed by atoms with E-state index in [0.717, 1.165) is 40.3 Å². The molecule has 1 fully saturated rings. The molecule has 1 saturated carbocycles. The molecule has 180 valence electrons. The normalized spacial score (nSPS) is 18.2.